The van der Waals surface area contributed by atoms with Gasteiger partial charge in [-0.1, -0.05) is 0 Å². The van der Waals surface area contributed by atoms with E-state index in [4.69, 9.17) is 11.5 Å². The predicted molar refractivity (Wildman–Crippen MR) is 66.0 cm³/mol. The van der Waals surface area contributed by atoms with E-state index in [0.29, 0.717) is 0 Å². The summed E-state index contributed by atoms with van der Waals surface area (Å²) in [5, 5.41) is 12.9. The second-order valence-corrected chi connectivity index (χ2v) is 4.33. The van der Waals surface area contributed by atoms with Gasteiger partial charge >= 0.3 is 0 Å². The Morgan fingerprint density at radius 2 is 2.05 bits per heavy atom. The maximum absolute atomic E-state index is 11.9. The van der Waals surface area contributed by atoms with Crippen LogP contribution in [0.5, 0.6) is 0 Å². The van der Waals surface area contributed by atoms with Gasteiger partial charge in [0.1, 0.15) is 17.6 Å². The first kappa shape index (κ1) is 14.4. The van der Waals surface area contributed by atoms with Crippen molar-refractivity contribution in [2.75, 3.05) is 5.73 Å². The van der Waals surface area contributed by atoms with Gasteiger partial charge in [0.2, 0.25) is 5.91 Å². The zero-order chi connectivity index (χ0) is 14.8. The molecule has 0 fully saturated rings. The Bertz CT molecular complexity index is 555. The summed E-state index contributed by atoms with van der Waals surface area (Å²) in [5.41, 5.74) is 8.70. The summed E-state index contributed by atoms with van der Waals surface area (Å²) in [6, 6.07) is 0.981. The summed E-state index contributed by atoms with van der Waals surface area (Å²) in [5.74, 6) is -1.70. The molecule has 0 atom stereocenters. The Kier molecular flexibility index (Phi) is 3.69. The number of nitrogens with zero attached hydrogens (tertiary/aromatic N) is 2. The second kappa shape index (κ2) is 4.88. The molecule has 0 radical (unpaired) electrons. The van der Waals surface area contributed by atoms with Crippen molar-refractivity contribution in [1.82, 2.24) is 10.3 Å². The van der Waals surface area contributed by atoms with Crippen molar-refractivity contribution in [1.29, 1.82) is 0 Å². The number of aromatic nitrogens is 1. The number of pyridine rings is 1. The monoisotopic (exact) mass is 267 g/mol. The van der Waals surface area contributed by atoms with E-state index in [2.05, 4.69) is 10.3 Å². The minimum Gasteiger partial charge on any atom is -0.383 e. The number of nitrogens with two attached hydrogens (primary N) is 2. The van der Waals surface area contributed by atoms with Crippen molar-refractivity contribution >= 4 is 23.3 Å². The quantitative estimate of drug-likeness (QED) is 0.496. The van der Waals surface area contributed by atoms with Crippen LogP contribution in [0, 0.1) is 10.1 Å². The van der Waals surface area contributed by atoms with Crippen LogP contribution in [-0.2, 0) is 4.79 Å². The highest BCUT2D eigenvalue weighted by Crippen LogP contribution is 2.17. The fourth-order valence-electron chi connectivity index (χ4n) is 1.16. The fourth-order valence-corrected chi connectivity index (χ4v) is 1.16. The molecule has 0 bridgehead atoms. The lowest BCUT2D eigenvalue weighted by atomic mass is 10.0. The van der Waals surface area contributed by atoms with Crippen LogP contribution >= 0.6 is 0 Å². The van der Waals surface area contributed by atoms with E-state index in [1.807, 2.05) is 0 Å². The molecule has 1 rings (SSSR count). The summed E-state index contributed by atoms with van der Waals surface area (Å²) in [4.78, 5) is 36.4. The zero-order valence-electron chi connectivity index (χ0n) is 10.3. The van der Waals surface area contributed by atoms with Crippen LogP contribution in [-0.4, -0.2) is 27.3 Å². The molecule has 5 N–H and O–H groups in total. The van der Waals surface area contributed by atoms with Crippen LogP contribution in [0.1, 0.15) is 24.2 Å². The number of nitrogen functional groups attached to an aromatic ring is 1. The minimum atomic E-state index is -1.31. The first-order valence-corrected chi connectivity index (χ1v) is 5.17. The van der Waals surface area contributed by atoms with E-state index in [1.54, 1.807) is 0 Å². The lowest BCUT2D eigenvalue weighted by Gasteiger charge is -2.22. The van der Waals surface area contributed by atoms with E-state index in [9.17, 15) is 19.7 Å². The van der Waals surface area contributed by atoms with Gasteiger partial charge in [-0.3, -0.25) is 19.7 Å². The molecule has 0 spiro atoms. The minimum absolute atomic E-state index is 0.177. The van der Waals surface area contributed by atoms with Gasteiger partial charge in [-0.2, -0.15) is 0 Å². The van der Waals surface area contributed by atoms with Gasteiger partial charge in [-0.25, -0.2) is 4.98 Å². The summed E-state index contributed by atoms with van der Waals surface area (Å²) >= 11 is 0. The van der Waals surface area contributed by atoms with Crippen LogP contribution < -0.4 is 16.8 Å². The molecule has 9 heteroatoms. The number of nitrogens with one attached hydrogen (secondary N) is 1. The molecule has 0 saturated heterocycles. The average molecular weight is 267 g/mol. The Hall–Kier alpha value is -2.71. The van der Waals surface area contributed by atoms with Gasteiger partial charge in [0, 0.05) is 6.07 Å². The van der Waals surface area contributed by atoms with Crippen molar-refractivity contribution in [3.63, 3.8) is 0 Å². The van der Waals surface area contributed by atoms with E-state index in [1.165, 1.54) is 13.8 Å². The topological polar surface area (TPSA) is 154 Å². The highest BCUT2D eigenvalue weighted by Gasteiger charge is 2.28. The molecule has 0 aliphatic heterocycles. The Morgan fingerprint density at radius 1 is 1.47 bits per heavy atom. The second-order valence-electron chi connectivity index (χ2n) is 4.33. The number of amides is 2. The Balaban J connectivity index is 3.09. The third-order valence-corrected chi connectivity index (χ3v) is 2.40. The summed E-state index contributed by atoms with van der Waals surface area (Å²) < 4.78 is 0. The molecular formula is C10H13N5O4. The van der Waals surface area contributed by atoms with Crippen molar-refractivity contribution < 1.29 is 14.5 Å². The number of carbonyl (C=O) groups excluding carboxylic acids is 2. The first-order chi connectivity index (χ1) is 8.65. The molecule has 19 heavy (non-hydrogen) atoms. The summed E-state index contributed by atoms with van der Waals surface area (Å²) in [7, 11) is 0. The van der Waals surface area contributed by atoms with Crippen LogP contribution in [0.3, 0.4) is 0 Å². The van der Waals surface area contributed by atoms with E-state index < -0.39 is 22.3 Å². The Labute approximate surface area is 108 Å². The maximum atomic E-state index is 11.9. The molecule has 0 aliphatic carbocycles. The number of hydrogen-bond donors (Lipinski definition) is 3. The molecule has 2 amide bonds. The third-order valence-electron chi connectivity index (χ3n) is 2.40. The van der Waals surface area contributed by atoms with Gasteiger partial charge in [0.05, 0.1) is 10.5 Å². The largest absolute Gasteiger partial charge is 0.383 e. The number of anilines is 1. The molecule has 9 nitrogen and oxygen atoms in total. The molecule has 0 saturated carbocycles. The molecule has 1 heterocycles. The summed E-state index contributed by atoms with van der Waals surface area (Å²) in [6.07, 6.45) is 0.936. The normalized spacial score (nSPS) is 10.8. The van der Waals surface area contributed by atoms with Gasteiger partial charge in [-0.15, -0.1) is 0 Å². The van der Waals surface area contributed by atoms with Gasteiger partial charge in [0.25, 0.3) is 11.6 Å². The molecular weight excluding hydrogens is 254 g/mol. The molecule has 1 aromatic rings. The number of nitro groups is 1. The molecule has 0 aromatic carbocycles. The highest BCUT2D eigenvalue weighted by atomic mass is 16.6. The van der Waals surface area contributed by atoms with Gasteiger partial charge < -0.3 is 16.8 Å². The SMILES string of the molecule is CC(C)(NC(=O)c1cc([N+](=O)[O-])cnc1N)C(N)=O. The molecule has 1 aromatic heterocycles. The van der Waals surface area contributed by atoms with Crippen LogP contribution in [0.25, 0.3) is 0 Å². The summed E-state index contributed by atoms with van der Waals surface area (Å²) in [6.45, 7) is 2.79. The number of hydrogen-bond acceptors (Lipinski definition) is 6. The molecule has 0 aliphatic rings. The maximum Gasteiger partial charge on any atom is 0.288 e. The fraction of sp³-hybridized carbons (Fsp3) is 0.300. The van der Waals surface area contributed by atoms with Gasteiger partial charge in [0.15, 0.2) is 0 Å². The van der Waals surface area contributed by atoms with Crippen molar-refractivity contribution in [2.45, 2.75) is 19.4 Å². The Morgan fingerprint density at radius 3 is 2.53 bits per heavy atom. The highest BCUT2D eigenvalue weighted by molar-refractivity contribution is 6.01. The zero-order valence-corrected chi connectivity index (χ0v) is 10.3. The lowest BCUT2D eigenvalue weighted by molar-refractivity contribution is -0.385. The van der Waals surface area contributed by atoms with E-state index >= 15 is 0 Å². The third kappa shape index (κ3) is 3.15. The van der Waals surface area contributed by atoms with E-state index in [-0.39, 0.29) is 17.1 Å². The van der Waals surface area contributed by atoms with Crippen LogP contribution in [0.2, 0.25) is 0 Å². The first-order valence-electron chi connectivity index (χ1n) is 5.17. The predicted octanol–water partition coefficient (Wildman–Crippen LogP) is -0.434. The smallest absolute Gasteiger partial charge is 0.288 e. The van der Waals surface area contributed by atoms with Gasteiger partial charge in [-0.05, 0) is 13.8 Å². The lowest BCUT2D eigenvalue weighted by Crippen LogP contribution is -2.53. The van der Waals surface area contributed by atoms with Crippen LogP contribution in [0.15, 0.2) is 12.3 Å². The molecule has 102 valence electrons. The molecule has 0 unspecified atom stereocenters. The van der Waals surface area contributed by atoms with Crippen molar-refractivity contribution in [2.24, 2.45) is 5.73 Å². The van der Waals surface area contributed by atoms with Crippen LogP contribution in [0.4, 0.5) is 11.5 Å². The van der Waals surface area contributed by atoms with Crippen molar-refractivity contribution in [3.05, 3.63) is 27.9 Å². The number of rotatable bonds is 4. The standard InChI is InChI=1S/C10H13N5O4/c1-10(2,9(12)17)14-8(16)6-3-5(15(18)19)4-13-7(6)11/h3-4H,1-2H3,(H2,11,13)(H2,12,17)(H,14,16). The number of carbonyl (C=O) groups is 2. The van der Waals surface area contributed by atoms with Crippen molar-refractivity contribution in [3.8, 4) is 0 Å². The average Bonchev–Trinajstić information content (AvgIpc) is 2.28. The van der Waals surface area contributed by atoms with E-state index in [0.717, 1.165) is 12.3 Å². The number of primary amides is 1.